The lowest BCUT2D eigenvalue weighted by molar-refractivity contribution is 0.0368. The van der Waals surface area contributed by atoms with E-state index in [1.165, 1.54) is 0 Å². The molecule has 0 bridgehead atoms. The Morgan fingerprint density at radius 1 is 1.03 bits per heavy atom. The van der Waals surface area contributed by atoms with Crippen LogP contribution in [0, 0.1) is 0 Å². The molecule has 1 fully saturated rings. The van der Waals surface area contributed by atoms with Gasteiger partial charge in [-0.3, -0.25) is 14.3 Å². The van der Waals surface area contributed by atoms with Crippen molar-refractivity contribution in [2.45, 2.75) is 23.9 Å². The van der Waals surface area contributed by atoms with Gasteiger partial charge in [-0.2, -0.15) is 0 Å². The fourth-order valence-electron chi connectivity index (χ4n) is 3.96. The van der Waals surface area contributed by atoms with E-state index < -0.39 is 0 Å². The third-order valence-corrected chi connectivity index (χ3v) is 6.83. The van der Waals surface area contributed by atoms with E-state index in [4.69, 9.17) is 21.3 Å². The number of rotatable bonds is 7. The maximum atomic E-state index is 13.3. The fourth-order valence-corrected chi connectivity index (χ4v) is 5.03. The Hall–Kier alpha value is -2.39. The zero-order valence-electron chi connectivity index (χ0n) is 17.6. The largest absolute Gasteiger partial charge is 0.379 e. The van der Waals surface area contributed by atoms with Gasteiger partial charge in [0.1, 0.15) is 5.65 Å². The molecule has 32 heavy (non-hydrogen) atoms. The van der Waals surface area contributed by atoms with Gasteiger partial charge in [-0.25, -0.2) is 9.97 Å². The van der Waals surface area contributed by atoms with E-state index in [9.17, 15) is 4.79 Å². The number of benzene rings is 1. The molecule has 9 heteroatoms. The molecule has 0 spiro atoms. The van der Waals surface area contributed by atoms with E-state index in [0.29, 0.717) is 22.7 Å². The van der Waals surface area contributed by atoms with Gasteiger partial charge in [-0.1, -0.05) is 35.5 Å². The Kier molecular flexibility index (Phi) is 6.45. The first-order valence-electron chi connectivity index (χ1n) is 10.7. The molecule has 166 valence electrons. The predicted octanol–water partition coefficient (Wildman–Crippen LogP) is 3.71. The molecule has 4 aromatic rings. The molecular formula is C23H24ClN5O2S. The van der Waals surface area contributed by atoms with Crippen LogP contribution in [0.5, 0.6) is 0 Å². The molecule has 0 amide bonds. The standard InChI is InChI=1S/C23H24ClN5O2S/c24-17-6-7-21-25-18(15-28(21)14-17)16-32-23-26-20-5-2-1-4-19(20)22(30)29(23)9-3-8-27-10-12-31-13-11-27/h1-2,4-7,14-15H,3,8-13,16H2. The van der Waals surface area contributed by atoms with Crippen LogP contribution in [0.25, 0.3) is 16.6 Å². The summed E-state index contributed by atoms with van der Waals surface area (Å²) in [6.07, 6.45) is 4.70. The molecule has 1 saturated heterocycles. The highest BCUT2D eigenvalue weighted by Crippen LogP contribution is 2.23. The number of imidazole rings is 1. The number of halogens is 1. The Balaban J connectivity index is 1.38. The smallest absolute Gasteiger partial charge is 0.262 e. The van der Waals surface area contributed by atoms with Crippen molar-refractivity contribution in [3.63, 3.8) is 0 Å². The van der Waals surface area contributed by atoms with Gasteiger partial charge in [-0.05, 0) is 30.7 Å². The normalized spacial score (nSPS) is 15.0. The number of para-hydroxylation sites is 1. The molecule has 4 heterocycles. The summed E-state index contributed by atoms with van der Waals surface area (Å²) < 4.78 is 9.17. The molecule has 0 atom stereocenters. The second-order valence-electron chi connectivity index (χ2n) is 7.81. The molecule has 1 aromatic carbocycles. The van der Waals surface area contributed by atoms with Gasteiger partial charge >= 0.3 is 0 Å². The summed E-state index contributed by atoms with van der Waals surface area (Å²) in [6, 6.07) is 11.3. The van der Waals surface area contributed by atoms with Crippen molar-refractivity contribution >= 4 is 39.9 Å². The molecular weight excluding hydrogens is 446 g/mol. The van der Waals surface area contributed by atoms with Crippen molar-refractivity contribution in [1.29, 1.82) is 0 Å². The average molecular weight is 470 g/mol. The van der Waals surface area contributed by atoms with Gasteiger partial charge in [0.05, 0.1) is 34.8 Å². The van der Waals surface area contributed by atoms with E-state index in [1.54, 1.807) is 11.8 Å². The molecule has 3 aromatic heterocycles. The van der Waals surface area contributed by atoms with Crippen LogP contribution in [0.1, 0.15) is 12.1 Å². The summed E-state index contributed by atoms with van der Waals surface area (Å²) in [5.74, 6) is 0.619. The van der Waals surface area contributed by atoms with E-state index in [1.807, 2.05) is 57.8 Å². The molecule has 0 saturated carbocycles. The highest BCUT2D eigenvalue weighted by atomic mass is 35.5. The second kappa shape index (κ2) is 9.62. The third-order valence-electron chi connectivity index (χ3n) is 5.60. The number of thioether (sulfide) groups is 1. The summed E-state index contributed by atoms with van der Waals surface area (Å²) in [5, 5.41) is 2.05. The molecule has 1 aliphatic heterocycles. The minimum Gasteiger partial charge on any atom is -0.379 e. The Morgan fingerprint density at radius 2 is 1.88 bits per heavy atom. The maximum absolute atomic E-state index is 13.3. The van der Waals surface area contributed by atoms with E-state index in [0.717, 1.165) is 61.3 Å². The molecule has 7 nitrogen and oxygen atoms in total. The Labute approximate surface area is 195 Å². The van der Waals surface area contributed by atoms with Crippen LogP contribution < -0.4 is 5.56 Å². The van der Waals surface area contributed by atoms with Crippen LogP contribution in [-0.4, -0.2) is 56.7 Å². The number of fused-ring (bicyclic) bond motifs is 2. The number of aromatic nitrogens is 4. The van der Waals surface area contributed by atoms with Crippen LogP contribution in [0.3, 0.4) is 0 Å². The minimum absolute atomic E-state index is 0.0156. The predicted molar refractivity (Wildman–Crippen MR) is 128 cm³/mol. The van der Waals surface area contributed by atoms with Crippen molar-refractivity contribution in [3.05, 3.63) is 69.9 Å². The van der Waals surface area contributed by atoms with E-state index in [-0.39, 0.29) is 5.56 Å². The highest BCUT2D eigenvalue weighted by Gasteiger charge is 2.14. The quantitative estimate of drug-likeness (QED) is 0.303. The Bertz CT molecular complexity index is 1300. The summed E-state index contributed by atoms with van der Waals surface area (Å²) in [4.78, 5) is 25.1. The molecule has 1 aliphatic rings. The lowest BCUT2D eigenvalue weighted by atomic mass is 10.2. The van der Waals surface area contributed by atoms with Crippen molar-refractivity contribution in [2.75, 3.05) is 32.8 Å². The number of hydrogen-bond acceptors (Lipinski definition) is 6. The first-order chi connectivity index (χ1) is 15.7. The molecule has 0 N–H and O–H groups in total. The lowest BCUT2D eigenvalue weighted by Crippen LogP contribution is -2.37. The zero-order chi connectivity index (χ0) is 21.9. The molecule has 5 rings (SSSR count). The topological polar surface area (TPSA) is 64.7 Å². The summed E-state index contributed by atoms with van der Waals surface area (Å²) in [7, 11) is 0. The van der Waals surface area contributed by atoms with Crippen LogP contribution in [0.15, 0.2) is 58.7 Å². The first kappa shape index (κ1) is 21.5. The van der Waals surface area contributed by atoms with E-state index >= 15 is 0 Å². The third kappa shape index (κ3) is 4.68. The molecule has 0 radical (unpaired) electrons. The van der Waals surface area contributed by atoms with Gasteiger partial charge in [-0.15, -0.1) is 0 Å². The zero-order valence-corrected chi connectivity index (χ0v) is 19.2. The van der Waals surface area contributed by atoms with Gasteiger partial charge in [0.15, 0.2) is 5.16 Å². The number of morpholine rings is 1. The molecule has 0 unspecified atom stereocenters. The first-order valence-corrected chi connectivity index (χ1v) is 12.1. The summed E-state index contributed by atoms with van der Waals surface area (Å²) in [5.41, 5.74) is 2.51. The van der Waals surface area contributed by atoms with Gasteiger partial charge in [0.25, 0.3) is 5.56 Å². The summed E-state index contributed by atoms with van der Waals surface area (Å²) in [6.45, 7) is 5.04. The maximum Gasteiger partial charge on any atom is 0.262 e. The minimum atomic E-state index is 0.0156. The molecule has 0 aliphatic carbocycles. The van der Waals surface area contributed by atoms with Crippen molar-refractivity contribution in [3.8, 4) is 0 Å². The number of hydrogen-bond donors (Lipinski definition) is 0. The number of nitrogens with zero attached hydrogens (tertiary/aromatic N) is 5. The van der Waals surface area contributed by atoms with Gasteiger partial charge in [0.2, 0.25) is 0 Å². The van der Waals surface area contributed by atoms with Crippen molar-refractivity contribution < 1.29 is 4.74 Å². The monoisotopic (exact) mass is 469 g/mol. The van der Waals surface area contributed by atoms with Gasteiger partial charge < -0.3 is 9.14 Å². The van der Waals surface area contributed by atoms with Crippen LogP contribution in [0.4, 0.5) is 0 Å². The summed E-state index contributed by atoms with van der Waals surface area (Å²) >= 11 is 7.63. The van der Waals surface area contributed by atoms with Crippen molar-refractivity contribution in [1.82, 2.24) is 23.8 Å². The highest BCUT2D eigenvalue weighted by molar-refractivity contribution is 7.98. The van der Waals surface area contributed by atoms with Crippen LogP contribution >= 0.6 is 23.4 Å². The number of ether oxygens (including phenoxy) is 1. The lowest BCUT2D eigenvalue weighted by Gasteiger charge is -2.26. The van der Waals surface area contributed by atoms with E-state index in [2.05, 4.69) is 9.88 Å². The SMILES string of the molecule is O=c1c2ccccc2nc(SCc2cn3cc(Cl)ccc3n2)n1CCCN1CCOCC1. The average Bonchev–Trinajstić information content (AvgIpc) is 3.22. The Morgan fingerprint density at radius 3 is 2.75 bits per heavy atom. The van der Waals surface area contributed by atoms with Crippen LogP contribution in [-0.2, 0) is 17.0 Å². The second-order valence-corrected chi connectivity index (χ2v) is 9.19. The number of pyridine rings is 1. The van der Waals surface area contributed by atoms with Gasteiger partial charge in [0, 0.05) is 44.3 Å². The van der Waals surface area contributed by atoms with Crippen molar-refractivity contribution in [2.24, 2.45) is 0 Å². The van der Waals surface area contributed by atoms with Crippen LogP contribution in [0.2, 0.25) is 5.02 Å². The fraction of sp³-hybridized carbons (Fsp3) is 0.348.